The Morgan fingerprint density at radius 3 is 0.976 bits per heavy atom. The quantitative estimate of drug-likeness (QED) is 0.122. The summed E-state index contributed by atoms with van der Waals surface area (Å²) in [6.45, 7) is 4.37. The molecule has 0 aliphatic rings. The van der Waals surface area contributed by atoms with E-state index in [0.29, 0.717) is 0 Å². The number of benzene rings is 12. The van der Waals surface area contributed by atoms with Crippen LogP contribution in [-0.4, -0.2) is 19.1 Å². The molecule has 6 nitrogen and oxygen atoms in total. The van der Waals surface area contributed by atoms with Gasteiger partial charge < -0.3 is 18.9 Å². The summed E-state index contributed by atoms with van der Waals surface area (Å²) in [6, 6.07) is 105. The number of hydrogen-bond donors (Lipinski definition) is 0. The Balaban J connectivity index is 0.679. The maximum atomic E-state index is 5.20. The Kier molecular flexibility index (Phi) is 12.5. The first kappa shape index (κ1) is 49.9. The number of fused-ring (bicyclic) bond motifs is 6. The second-order valence-corrected chi connectivity index (χ2v) is 21.6. The number of hydrogen-bond acceptors (Lipinski definition) is 4. The summed E-state index contributed by atoms with van der Waals surface area (Å²) in [6.07, 6.45) is 3.73. The first-order valence-corrected chi connectivity index (χ1v) is 28.6. The first-order valence-electron chi connectivity index (χ1n) is 28.6. The maximum absolute atomic E-state index is 5.20. The van der Waals surface area contributed by atoms with E-state index in [1.165, 1.54) is 54.8 Å². The van der Waals surface area contributed by atoms with E-state index in [4.69, 9.17) is 9.97 Å². The molecule has 0 spiro atoms. The molecule has 84 heavy (non-hydrogen) atoms. The van der Waals surface area contributed by atoms with Crippen LogP contribution in [-0.2, 0) is 0 Å². The highest BCUT2D eigenvalue weighted by molar-refractivity contribution is 6.12. The highest BCUT2D eigenvalue weighted by Crippen LogP contribution is 2.43. The zero-order valence-electron chi connectivity index (χ0n) is 46.6. The fourth-order valence-corrected chi connectivity index (χ4v) is 12.5. The average molecular weight is 1080 g/mol. The first-order chi connectivity index (χ1) is 41.5. The van der Waals surface area contributed by atoms with Gasteiger partial charge in [0.1, 0.15) is 0 Å². The van der Waals surface area contributed by atoms with Crippen LogP contribution in [0.3, 0.4) is 0 Å². The molecular weight excluding hydrogens is 1020 g/mol. The number of aromatic nitrogens is 4. The topological polar surface area (TPSA) is 42.1 Å². The Morgan fingerprint density at radius 1 is 0.274 bits per heavy atom. The van der Waals surface area contributed by atoms with Gasteiger partial charge in [0.15, 0.2) is 0 Å². The van der Waals surface area contributed by atoms with Crippen molar-refractivity contribution in [3.63, 3.8) is 0 Å². The SMILES string of the molecule is Cc1cc(-c2cncc(-c3ccc(-c4ccc(-n5c6ccccc6c6cc(N(c7ccccc7)c7ccccc7)ccc65)cc4)c(C)c3)n2)ccc1-c1ccc(-n2c3ccccc3c3cc(N(c4ccccc4)c4ccccc4)ccc32)cc1. The average Bonchev–Trinajstić information content (AvgIpc) is 2.19. The largest absolute Gasteiger partial charge is 0.310 e. The molecule has 0 amide bonds. The van der Waals surface area contributed by atoms with Crippen molar-refractivity contribution in [1.29, 1.82) is 0 Å². The molecule has 0 atom stereocenters. The molecule has 398 valence electrons. The van der Waals surface area contributed by atoms with Gasteiger partial charge in [-0.2, -0.15) is 0 Å². The second-order valence-electron chi connectivity index (χ2n) is 21.6. The normalized spacial score (nSPS) is 11.5. The monoisotopic (exact) mass is 1080 g/mol. The summed E-state index contributed by atoms with van der Waals surface area (Å²) in [5.74, 6) is 0. The van der Waals surface area contributed by atoms with Crippen molar-refractivity contribution in [1.82, 2.24) is 19.1 Å². The molecule has 0 unspecified atom stereocenters. The molecule has 0 bridgehead atoms. The maximum Gasteiger partial charge on any atom is 0.0892 e. The summed E-state index contributed by atoms with van der Waals surface area (Å²) in [7, 11) is 0. The van der Waals surface area contributed by atoms with Gasteiger partial charge in [-0.3, -0.25) is 4.98 Å². The van der Waals surface area contributed by atoms with Crippen molar-refractivity contribution in [3.8, 4) is 56.1 Å². The molecule has 0 aliphatic carbocycles. The van der Waals surface area contributed by atoms with Gasteiger partial charge in [0.25, 0.3) is 0 Å². The predicted molar refractivity (Wildman–Crippen MR) is 351 cm³/mol. The van der Waals surface area contributed by atoms with Crippen LogP contribution < -0.4 is 9.80 Å². The molecule has 3 aromatic heterocycles. The van der Waals surface area contributed by atoms with Crippen LogP contribution in [0.1, 0.15) is 11.1 Å². The minimum atomic E-state index is 0.839. The summed E-state index contributed by atoms with van der Waals surface area (Å²) in [5.41, 5.74) is 24.4. The van der Waals surface area contributed by atoms with Crippen molar-refractivity contribution in [2.24, 2.45) is 0 Å². The van der Waals surface area contributed by atoms with Crippen molar-refractivity contribution in [2.75, 3.05) is 9.80 Å². The minimum absolute atomic E-state index is 0.839. The Morgan fingerprint density at radius 2 is 0.607 bits per heavy atom. The van der Waals surface area contributed by atoms with Crippen LogP contribution in [0.2, 0.25) is 0 Å². The lowest BCUT2D eigenvalue weighted by Gasteiger charge is -2.25. The molecule has 6 heteroatoms. The van der Waals surface area contributed by atoms with Crippen LogP contribution >= 0.6 is 0 Å². The number of anilines is 6. The molecule has 0 radical (unpaired) electrons. The number of para-hydroxylation sites is 6. The fourth-order valence-electron chi connectivity index (χ4n) is 12.5. The van der Waals surface area contributed by atoms with Gasteiger partial charge in [0.2, 0.25) is 0 Å². The zero-order chi connectivity index (χ0) is 56.1. The van der Waals surface area contributed by atoms with Crippen molar-refractivity contribution >= 4 is 77.7 Å². The molecule has 15 aromatic rings. The third-order valence-corrected chi connectivity index (χ3v) is 16.4. The van der Waals surface area contributed by atoms with Crippen LogP contribution in [0.25, 0.3) is 99.8 Å². The van der Waals surface area contributed by atoms with E-state index in [0.717, 1.165) is 90.2 Å². The van der Waals surface area contributed by atoms with Gasteiger partial charge in [-0.05, 0) is 181 Å². The predicted octanol–water partition coefficient (Wildman–Crippen LogP) is 20.9. The molecule has 0 fully saturated rings. The summed E-state index contributed by atoms with van der Waals surface area (Å²) < 4.78 is 4.77. The van der Waals surface area contributed by atoms with Crippen LogP contribution in [0.15, 0.2) is 304 Å². The smallest absolute Gasteiger partial charge is 0.0892 e. The van der Waals surface area contributed by atoms with Crippen LogP contribution in [0, 0.1) is 13.8 Å². The molecule has 3 heterocycles. The van der Waals surface area contributed by atoms with Crippen molar-refractivity contribution < 1.29 is 0 Å². The van der Waals surface area contributed by atoms with Gasteiger partial charge in [-0.1, -0.05) is 158 Å². The Bertz CT molecular complexity index is 4510. The van der Waals surface area contributed by atoms with Gasteiger partial charge in [0.05, 0.1) is 45.8 Å². The fraction of sp³-hybridized carbons (Fsp3) is 0.0256. The lowest BCUT2D eigenvalue weighted by Crippen LogP contribution is -2.09. The van der Waals surface area contributed by atoms with E-state index in [9.17, 15) is 0 Å². The zero-order valence-corrected chi connectivity index (χ0v) is 46.6. The van der Waals surface area contributed by atoms with E-state index in [2.05, 4.69) is 324 Å². The molecule has 0 N–H and O–H groups in total. The van der Waals surface area contributed by atoms with E-state index in [1.54, 1.807) is 0 Å². The van der Waals surface area contributed by atoms with E-state index < -0.39 is 0 Å². The molecular formula is C78H56N6. The van der Waals surface area contributed by atoms with E-state index >= 15 is 0 Å². The summed E-state index contributed by atoms with van der Waals surface area (Å²) >= 11 is 0. The number of nitrogens with zero attached hydrogens (tertiary/aromatic N) is 6. The lowest BCUT2D eigenvalue weighted by molar-refractivity contribution is 1.18. The van der Waals surface area contributed by atoms with Crippen molar-refractivity contribution in [2.45, 2.75) is 13.8 Å². The van der Waals surface area contributed by atoms with Gasteiger partial charge >= 0.3 is 0 Å². The Labute approximate surface area is 488 Å². The molecule has 15 rings (SSSR count). The third kappa shape index (κ3) is 8.94. The van der Waals surface area contributed by atoms with Gasteiger partial charge in [-0.15, -0.1) is 0 Å². The standard InChI is InChI=1S/C78H56N6/c1-53-47-57(35-43-67(53)55-31-37-63(38-32-55)83-75-29-17-15-27-69(75)71-49-65(41-45-77(71)83)81(59-19-7-3-8-20-59)60-21-9-4-10-22-60)73-51-79-52-74(80-73)58-36-44-68(54(2)48-58)56-33-39-64(40-34-56)84-76-30-18-16-28-70(76)72-50-66(42-46-78(72)84)82(61-23-11-5-12-24-61)62-25-13-6-14-26-62/h3-52H,1-2H3. The van der Waals surface area contributed by atoms with Crippen molar-refractivity contribution in [3.05, 3.63) is 315 Å². The summed E-state index contributed by atoms with van der Waals surface area (Å²) in [5, 5.41) is 4.85. The Hall–Kier alpha value is -11.1. The lowest BCUT2D eigenvalue weighted by atomic mass is 9.96. The summed E-state index contributed by atoms with van der Waals surface area (Å²) in [4.78, 5) is 14.6. The van der Waals surface area contributed by atoms with Gasteiger partial charge in [0, 0.05) is 78.2 Å². The molecule has 0 aliphatic heterocycles. The highest BCUT2D eigenvalue weighted by atomic mass is 15.1. The third-order valence-electron chi connectivity index (χ3n) is 16.4. The number of rotatable bonds is 12. The van der Waals surface area contributed by atoms with Gasteiger partial charge in [-0.25, -0.2) is 4.98 Å². The van der Waals surface area contributed by atoms with E-state index in [-0.39, 0.29) is 0 Å². The van der Waals surface area contributed by atoms with E-state index in [1.807, 2.05) is 12.4 Å². The second kappa shape index (κ2) is 21.1. The van der Waals surface area contributed by atoms with Crippen LogP contribution in [0.5, 0.6) is 0 Å². The minimum Gasteiger partial charge on any atom is -0.310 e. The van der Waals surface area contributed by atoms with Crippen LogP contribution in [0.4, 0.5) is 34.1 Å². The molecule has 0 saturated heterocycles. The number of aryl methyl sites for hydroxylation is 2. The molecule has 0 saturated carbocycles. The highest BCUT2D eigenvalue weighted by Gasteiger charge is 2.20. The molecule has 12 aromatic carbocycles.